The highest BCUT2D eigenvalue weighted by molar-refractivity contribution is 5.80. The molecule has 2 unspecified atom stereocenters. The summed E-state index contributed by atoms with van der Waals surface area (Å²) >= 11 is 0. The number of carbonyl (C=O) groups is 2. The molecule has 17 heavy (non-hydrogen) atoms. The number of hydrogen-bond donors (Lipinski definition) is 2. The number of hydrogen-bond acceptors (Lipinski definition) is 2. The molecule has 0 spiro atoms. The molecule has 0 heterocycles. The maximum absolute atomic E-state index is 12.0. The number of alkyl halides is 3. The van der Waals surface area contributed by atoms with E-state index in [-0.39, 0.29) is 0 Å². The van der Waals surface area contributed by atoms with Gasteiger partial charge >= 0.3 is 12.1 Å². The van der Waals surface area contributed by atoms with Crippen LogP contribution in [0, 0.1) is 5.41 Å². The van der Waals surface area contributed by atoms with Crippen LogP contribution in [-0.2, 0) is 9.59 Å². The molecule has 1 aliphatic carbocycles. The summed E-state index contributed by atoms with van der Waals surface area (Å²) < 4.78 is 35.9. The molecule has 2 N–H and O–H groups in total. The second kappa shape index (κ2) is 4.54. The van der Waals surface area contributed by atoms with Crippen molar-refractivity contribution in [2.45, 2.75) is 44.8 Å². The molecule has 1 fully saturated rings. The van der Waals surface area contributed by atoms with Gasteiger partial charge in [-0.25, -0.2) is 0 Å². The first kappa shape index (κ1) is 13.8. The van der Waals surface area contributed by atoms with E-state index in [0.717, 1.165) is 0 Å². The minimum Gasteiger partial charge on any atom is -0.481 e. The van der Waals surface area contributed by atoms with E-state index in [1.165, 1.54) is 6.92 Å². The predicted molar refractivity (Wildman–Crippen MR) is 52.2 cm³/mol. The number of carboxylic acid groups (broad SMARTS) is 1. The SMILES string of the molecule is CC1(C(=O)O)CCCC1NC(=O)CC(F)(F)F. The van der Waals surface area contributed by atoms with Crippen LogP contribution in [0.25, 0.3) is 0 Å². The van der Waals surface area contributed by atoms with Crippen molar-refractivity contribution in [3.63, 3.8) is 0 Å². The topological polar surface area (TPSA) is 66.4 Å². The first-order valence-corrected chi connectivity index (χ1v) is 5.25. The zero-order chi connectivity index (χ0) is 13.3. The lowest BCUT2D eigenvalue weighted by Crippen LogP contribution is -2.47. The Kier molecular flexibility index (Phi) is 3.68. The van der Waals surface area contributed by atoms with Crippen molar-refractivity contribution < 1.29 is 27.9 Å². The third kappa shape index (κ3) is 3.34. The molecule has 4 nitrogen and oxygen atoms in total. The van der Waals surface area contributed by atoms with E-state index in [9.17, 15) is 22.8 Å². The molecular weight excluding hydrogens is 239 g/mol. The minimum absolute atomic E-state index is 0.360. The van der Waals surface area contributed by atoms with Crippen molar-refractivity contribution in [2.75, 3.05) is 0 Å². The van der Waals surface area contributed by atoms with Crippen molar-refractivity contribution in [3.05, 3.63) is 0 Å². The van der Waals surface area contributed by atoms with E-state index in [2.05, 4.69) is 5.32 Å². The fourth-order valence-corrected chi connectivity index (χ4v) is 2.08. The lowest BCUT2D eigenvalue weighted by molar-refractivity contribution is -0.155. The summed E-state index contributed by atoms with van der Waals surface area (Å²) in [4.78, 5) is 22.1. The molecule has 1 rings (SSSR count). The van der Waals surface area contributed by atoms with Gasteiger partial charge < -0.3 is 10.4 Å². The van der Waals surface area contributed by atoms with Gasteiger partial charge in [-0.3, -0.25) is 9.59 Å². The second-order valence-corrected chi connectivity index (χ2v) is 4.53. The number of carboxylic acids is 1. The predicted octanol–water partition coefficient (Wildman–Crippen LogP) is 1.70. The normalized spacial score (nSPS) is 29.1. The van der Waals surface area contributed by atoms with Gasteiger partial charge in [-0.05, 0) is 19.8 Å². The zero-order valence-corrected chi connectivity index (χ0v) is 9.30. The van der Waals surface area contributed by atoms with Crippen LogP contribution >= 0.6 is 0 Å². The quantitative estimate of drug-likeness (QED) is 0.804. The fourth-order valence-electron chi connectivity index (χ4n) is 2.08. The third-order valence-electron chi connectivity index (χ3n) is 3.14. The summed E-state index contributed by atoms with van der Waals surface area (Å²) in [5.41, 5.74) is -1.17. The van der Waals surface area contributed by atoms with Gasteiger partial charge in [-0.15, -0.1) is 0 Å². The Morgan fingerprint density at radius 1 is 1.47 bits per heavy atom. The van der Waals surface area contributed by atoms with Gasteiger partial charge in [0.2, 0.25) is 5.91 Å². The third-order valence-corrected chi connectivity index (χ3v) is 3.14. The molecule has 7 heteroatoms. The average Bonchev–Trinajstić information content (AvgIpc) is 2.45. The van der Waals surface area contributed by atoms with Gasteiger partial charge in [-0.2, -0.15) is 13.2 Å². The van der Waals surface area contributed by atoms with E-state index >= 15 is 0 Å². The maximum atomic E-state index is 12.0. The summed E-state index contributed by atoms with van der Waals surface area (Å²) in [5.74, 6) is -2.26. The van der Waals surface area contributed by atoms with Crippen LogP contribution in [0.2, 0.25) is 0 Å². The van der Waals surface area contributed by atoms with Crippen molar-refractivity contribution >= 4 is 11.9 Å². The summed E-state index contributed by atoms with van der Waals surface area (Å²) in [6, 6.07) is -0.727. The van der Waals surface area contributed by atoms with E-state index in [4.69, 9.17) is 5.11 Å². The number of amides is 1. The highest BCUT2D eigenvalue weighted by Gasteiger charge is 2.46. The smallest absolute Gasteiger partial charge is 0.397 e. The molecule has 0 aliphatic heterocycles. The fraction of sp³-hybridized carbons (Fsp3) is 0.800. The Morgan fingerprint density at radius 2 is 2.06 bits per heavy atom. The van der Waals surface area contributed by atoms with E-state index in [1.54, 1.807) is 0 Å². The van der Waals surface area contributed by atoms with Gasteiger partial charge in [0.05, 0.1) is 5.41 Å². The van der Waals surface area contributed by atoms with Crippen LogP contribution in [0.15, 0.2) is 0 Å². The Morgan fingerprint density at radius 3 is 2.53 bits per heavy atom. The molecule has 0 aromatic heterocycles. The first-order chi connectivity index (χ1) is 7.65. The molecule has 1 amide bonds. The Balaban J connectivity index is 2.63. The van der Waals surface area contributed by atoms with Crippen LogP contribution < -0.4 is 5.32 Å². The van der Waals surface area contributed by atoms with Crippen LogP contribution in [-0.4, -0.2) is 29.2 Å². The van der Waals surface area contributed by atoms with Crippen LogP contribution in [0.4, 0.5) is 13.2 Å². The van der Waals surface area contributed by atoms with Crippen molar-refractivity contribution in [1.29, 1.82) is 0 Å². The van der Waals surface area contributed by atoms with Gasteiger partial charge in [0.15, 0.2) is 0 Å². The molecular formula is C10H14F3NO3. The largest absolute Gasteiger partial charge is 0.481 e. The standard InChI is InChI=1S/C10H14F3NO3/c1-9(8(16)17)4-2-3-6(9)14-7(15)5-10(11,12)13/h6H,2-5H2,1H3,(H,14,15)(H,16,17). The van der Waals surface area contributed by atoms with Gasteiger partial charge in [0, 0.05) is 6.04 Å². The summed E-state index contributed by atoms with van der Waals surface area (Å²) in [7, 11) is 0. The van der Waals surface area contributed by atoms with E-state index < -0.39 is 35.9 Å². The minimum atomic E-state index is -4.57. The molecule has 0 bridgehead atoms. The number of nitrogens with one attached hydrogen (secondary N) is 1. The summed E-state index contributed by atoms with van der Waals surface area (Å²) in [6.45, 7) is 1.45. The lowest BCUT2D eigenvalue weighted by atomic mass is 9.85. The lowest BCUT2D eigenvalue weighted by Gasteiger charge is -2.27. The Bertz CT molecular complexity index is 329. The van der Waals surface area contributed by atoms with Crippen molar-refractivity contribution in [1.82, 2.24) is 5.32 Å². The molecule has 0 aromatic carbocycles. The molecule has 1 aliphatic rings. The highest BCUT2D eigenvalue weighted by Crippen LogP contribution is 2.38. The molecule has 1 saturated carbocycles. The van der Waals surface area contributed by atoms with Crippen LogP contribution in [0.1, 0.15) is 32.6 Å². The Hall–Kier alpha value is -1.27. The maximum Gasteiger partial charge on any atom is 0.397 e. The van der Waals surface area contributed by atoms with E-state index in [1.807, 2.05) is 0 Å². The van der Waals surface area contributed by atoms with Gasteiger partial charge in [-0.1, -0.05) is 6.42 Å². The Labute approximate surface area is 96.2 Å². The number of carbonyl (C=O) groups excluding carboxylic acids is 1. The molecule has 0 radical (unpaired) electrons. The monoisotopic (exact) mass is 253 g/mol. The molecule has 98 valence electrons. The van der Waals surface area contributed by atoms with Crippen LogP contribution in [0.3, 0.4) is 0 Å². The van der Waals surface area contributed by atoms with Gasteiger partial charge in [0.1, 0.15) is 6.42 Å². The number of halogens is 3. The number of rotatable bonds is 3. The second-order valence-electron chi connectivity index (χ2n) is 4.53. The zero-order valence-electron chi connectivity index (χ0n) is 9.30. The molecule has 0 aromatic rings. The molecule has 2 atom stereocenters. The highest BCUT2D eigenvalue weighted by atomic mass is 19.4. The van der Waals surface area contributed by atoms with Gasteiger partial charge in [0.25, 0.3) is 0 Å². The summed E-state index contributed by atoms with van der Waals surface area (Å²) in [6.07, 6.45) is -4.80. The first-order valence-electron chi connectivity index (χ1n) is 5.25. The van der Waals surface area contributed by atoms with Crippen molar-refractivity contribution in [2.24, 2.45) is 5.41 Å². The average molecular weight is 253 g/mol. The van der Waals surface area contributed by atoms with E-state index in [0.29, 0.717) is 19.3 Å². The summed E-state index contributed by atoms with van der Waals surface area (Å²) in [5, 5.41) is 11.2. The van der Waals surface area contributed by atoms with Crippen LogP contribution in [0.5, 0.6) is 0 Å². The van der Waals surface area contributed by atoms with Crippen molar-refractivity contribution in [3.8, 4) is 0 Å². The number of aliphatic carboxylic acids is 1. The molecule has 0 saturated heterocycles.